The summed E-state index contributed by atoms with van der Waals surface area (Å²) < 4.78 is 5.02. The second-order valence-electron chi connectivity index (χ2n) is 3.80. The standard InChI is InChI=1S/C12H13NO2/c1-12(2,8-13)11(14)9-5-4-6-10(7-9)15-3/h4-7H,1-3H3. The van der Waals surface area contributed by atoms with Gasteiger partial charge in [-0.2, -0.15) is 5.26 Å². The lowest BCUT2D eigenvalue weighted by atomic mass is 9.86. The first kappa shape index (κ1) is 11.3. The van der Waals surface area contributed by atoms with Crippen molar-refractivity contribution in [3.8, 4) is 11.8 Å². The summed E-state index contributed by atoms with van der Waals surface area (Å²) in [6, 6.07) is 8.81. The largest absolute Gasteiger partial charge is 0.497 e. The van der Waals surface area contributed by atoms with Crippen LogP contribution in [0.4, 0.5) is 0 Å². The van der Waals surface area contributed by atoms with Gasteiger partial charge in [0, 0.05) is 5.56 Å². The minimum absolute atomic E-state index is 0.191. The fraction of sp³-hybridized carbons (Fsp3) is 0.333. The number of benzene rings is 1. The van der Waals surface area contributed by atoms with Crippen molar-refractivity contribution < 1.29 is 9.53 Å². The molecule has 3 heteroatoms. The Kier molecular flexibility index (Phi) is 3.11. The van der Waals surface area contributed by atoms with E-state index in [1.165, 1.54) is 0 Å². The van der Waals surface area contributed by atoms with Gasteiger partial charge in [-0.1, -0.05) is 12.1 Å². The number of methoxy groups -OCH3 is 1. The average Bonchev–Trinajstić information content (AvgIpc) is 2.28. The van der Waals surface area contributed by atoms with Crippen LogP contribution in [0, 0.1) is 16.7 Å². The van der Waals surface area contributed by atoms with Crippen molar-refractivity contribution in [3.63, 3.8) is 0 Å². The maximum absolute atomic E-state index is 11.9. The lowest BCUT2D eigenvalue weighted by molar-refractivity contribution is 0.0891. The molecule has 0 unspecified atom stereocenters. The van der Waals surface area contributed by atoms with Crippen LogP contribution in [0.25, 0.3) is 0 Å². The van der Waals surface area contributed by atoms with E-state index >= 15 is 0 Å². The number of ketones is 1. The van der Waals surface area contributed by atoms with E-state index < -0.39 is 5.41 Å². The van der Waals surface area contributed by atoms with Crippen LogP contribution in [0.1, 0.15) is 24.2 Å². The highest BCUT2D eigenvalue weighted by Gasteiger charge is 2.28. The molecule has 0 aliphatic rings. The zero-order valence-corrected chi connectivity index (χ0v) is 9.07. The predicted octanol–water partition coefficient (Wildman–Crippen LogP) is 2.43. The van der Waals surface area contributed by atoms with Gasteiger partial charge in [0.25, 0.3) is 0 Å². The molecule has 1 aromatic rings. The molecule has 1 rings (SSSR count). The number of nitriles is 1. The van der Waals surface area contributed by atoms with Gasteiger partial charge < -0.3 is 4.74 Å². The predicted molar refractivity (Wildman–Crippen MR) is 56.7 cm³/mol. The van der Waals surface area contributed by atoms with E-state index in [1.807, 2.05) is 6.07 Å². The van der Waals surface area contributed by atoms with Crippen LogP contribution in [-0.2, 0) is 0 Å². The molecule has 3 nitrogen and oxygen atoms in total. The Morgan fingerprint density at radius 2 is 2.13 bits per heavy atom. The minimum atomic E-state index is -0.994. The van der Waals surface area contributed by atoms with E-state index in [0.717, 1.165) is 0 Å². The molecule has 0 saturated carbocycles. The molecule has 0 amide bonds. The van der Waals surface area contributed by atoms with Crippen molar-refractivity contribution in [2.45, 2.75) is 13.8 Å². The fourth-order valence-electron chi connectivity index (χ4n) is 1.18. The van der Waals surface area contributed by atoms with Crippen LogP contribution in [0.3, 0.4) is 0 Å². The second-order valence-corrected chi connectivity index (χ2v) is 3.80. The van der Waals surface area contributed by atoms with E-state index in [1.54, 1.807) is 45.2 Å². The van der Waals surface area contributed by atoms with E-state index in [-0.39, 0.29) is 5.78 Å². The number of hydrogen-bond acceptors (Lipinski definition) is 3. The van der Waals surface area contributed by atoms with Gasteiger partial charge in [-0.15, -0.1) is 0 Å². The number of nitrogens with zero attached hydrogens (tertiary/aromatic N) is 1. The number of ether oxygens (including phenoxy) is 1. The zero-order valence-electron chi connectivity index (χ0n) is 9.07. The Balaban J connectivity index is 3.08. The summed E-state index contributed by atoms with van der Waals surface area (Å²) in [5.74, 6) is 0.429. The number of hydrogen-bond donors (Lipinski definition) is 0. The third-order valence-electron chi connectivity index (χ3n) is 2.18. The molecule has 0 aromatic heterocycles. The Hall–Kier alpha value is -1.82. The first-order valence-corrected chi connectivity index (χ1v) is 4.61. The van der Waals surface area contributed by atoms with E-state index in [0.29, 0.717) is 11.3 Å². The number of rotatable bonds is 3. The molecule has 0 heterocycles. The van der Waals surface area contributed by atoms with E-state index in [4.69, 9.17) is 10.00 Å². The molecule has 0 fully saturated rings. The number of carbonyl (C=O) groups excluding carboxylic acids is 1. The van der Waals surface area contributed by atoms with Crippen molar-refractivity contribution in [3.05, 3.63) is 29.8 Å². The quantitative estimate of drug-likeness (QED) is 0.709. The Morgan fingerprint density at radius 3 is 2.67 bits per heavy atom. The Labute approximate surface area is 89.3 Å². The summed E-state index contributed by atoms with van der Waals surface area (Å²) in [7, 11) is 1.54. The summed E-state index contributed by atoms with van der Waals surface area (Å²) in [4.78, 5) is 11.9. The first-order valence-electron chi connectivity index (χ1n) is 4.61. The molecule has 78 valence electrons. The molecule has 0 spiro atoms. The van der Waals surface area contributed by atoms with Gasteiger partial charge in [0.2, 0.25) is 0 Å². The monoisotopic (exact) mass is 203 g/mol. The molecule has 0 N–H and O–H groups in total. The van der Waals surface area contributed by atoms with Crippen molar-refractivity contribution in [2.24, 2.45) is 5.41 Å². The molecular weight excluding hydrogens is 190 g/mol. The third kappa shape index (κ3) is 2.35. The van der Waals surface area contributed by atoms with Crippen LogP contribution in [0.2, 0.25) is 0 Å². The lowest BCUT2D eigenvalue weighted by Crippen LogP contribution is -2.22. The minimum Gasteiger partial charge on any atom is -0.497 e. The highest BCUT2D eigenvalue weighted by molar-refractivity contribution is 6.02. The van der Waals surface area contributed by atoms with Gasteiger partial charge in [-0.05, 0) is 26.0 Å². The number of carbonyl (C=O) groups is 1. The normalized spacial score (nSPS) is 10.5. The van der Waals surface area contributed by atoms with Gasteiger partial charge in [0.15, 0.2) is 5.78 Å². The summed E-state index contributed by atoms with van der Waals surface area (Å²) in [6.07, 6.45) is 0. The highest BCUT2D eigenvalue weighted by atomic mass is 16.5. The summed E-state index contributed by atoms with van der Waals surface area (Å²) in [5, 5.41) is 8.85. The zero-order chi connectivity index (χ0) is 11.5. The Morgan fingerprint density at radius 1 is 1.47 bits per heavy atom. The van der Waals surface area contributed by atoms with Crippen molar-refractivity contribution >= 4 is 5.78 Å². The molecular formula is C12H13NO2. The van der Waals surface area contributed by atoms with Crippen molar-refractivity contribution in [1.82, 2.24) is 0 Å². The molecule has 0 bridgehead atoms. The second kappa shape index (κ2) is 4.14. The summed E-state index contributed by atoms with van der Waals surface area (Å²) in [5.41, 5.74) is -0.493. The van der Waals surface area contributed by atoms with Crippen LogP contribution >= 0.6 is 0 Å². The highest BCUT2D eigenvalue weighted by Crippen LogP contribution is 2.23. The molecule has 1 aromatic carbocycles. The van der Waals surface area contributed by atoms with Gasteiger partial charge in [-0.25, -0.2) is 0 Å². The number of Topliss-reactive ketones (excluding diaryl/α,β-unsaturated/α-hetero) is 1. The van der Waals surface area contributed by atoms with Crippen molar-refractivity contribution in [2.75, 3.05) is 7.11 Å². The van der Waals surface area contributed by atoms with Gasteiger partial charge >= 0.3 is 0 Å². The molecule has 0 aliphatic carbocycles. The van der Waals surface area contributed by atoms with Crippen LogP contribution in [0.5, 0.6) is 5.75 Å². The fourth-order valence-corrected chi connectivity index (χ4v) is 1.18. The van der Waals surface area contributed by atoms with Crippen LogP contribution < -0.4 is 4.74 Å². The van der Waals surface area contributed by atoms with Crippen LogP contribution in [-0.4, -0.2) is 12.9 Å². The lowest BCUT2D eigenvalue weighted by Gasteiger charge is -2.13. The molecule has 0 atom stereocenters. The van der Waals surface area contributed by atoms with Crippen molar-refractivity contribution in [1.29, 1.82) is 5.26 Å². The summed E-state index contributed by atoms with van der Waals surface area (Å²) >= 11 is 0. The van der Waals surface area contributed by atoms with Gasteiger partial charge in [-0.3, -0.25) is 4.79 Å². The van der Waals surface area contributed by atoms with Gasteiger partial charge in [0.05, 0.1) is 13.2 Å². The maximum atomic E-state index is 11.9. The van der Waals surface area contributed by atoms with Crippen LogP contribution in [0.15, 0.2) is 24.3 Å². The SMILES string of the molecule is COc1cccc(C(=O)C(C)(C)C#N)c1. The van der Waals surface area contributed by atoms with E-state index in [9.17, 15) is 4.79 Å². The first-order chi connectivity index (χ1) is 7.01. The smallest absolute Gasteiger partial charge is 0.182 e. The van der Waals surface area contributed by atoms with E-state index in [2.05, 4.69) is 0 Å². The molecule has 0 saturated heterocycles. The molecule has 0 radical (unpaired) electrons. The average molecular weight is 203 g/mol. The molecule has 15 heavy (non-hydrogen) atoms. The Bertz CT molecular complexity index is 416. The van der Waals surface area contributed by atoms with Gasteiger partial charge in [0.1, 0.15) is 11.2 Å². The summed E-state index contributed by atoms with van der Waals surface area (Å²) in [6.45, 7) is 3.21. The maximum Gasteiger partial charge on any atom is 0.182 e. The third-order valence-corrected chi connectivity index (χ3v) is 2.18. The molecule has 0 aliphatic heterocycles. The topological polar surface area (TPSA) is 50.1 Å².